The molecule has 0 aliphatic rings. The number of hydrogen-bond acceptors (Lipinski definition) is 5. The number of primary sulfonamides is 1. The second kappa shape index (κ2) is 7.25. The third kappa shape index (κ3) is 4.08. The Morgan fingerprint density at radius 3 is 2.50 bits per heavy atom. The summed E-state index contributed by atoms with van der Waals surface area (Å²) in [5.74, 6) is 0.0434. The van der Waals surface area contributed by atoms with Crippen molar-refractivity contribution in [1.82, 2.24) is 0 Å². The first-order valence-electron chi connectivity index (χ1n) is 6.93. The van der Waals surface area contributed by atoms with Crippen molar-refractivity contribution in [2.75, 3.05) is 18.7 Å². The molecule has 2 aromatic carbocycles. The van der Waals surface area contributed by atoms with Gasteiger partial charge in [0.1, 0.15) is 5.75 Å². The molecule has 6 nitrogen and oxygen atoms in total. The number of thioether (sulfide) groups is 1. The Kier molecular flexibility index (Phi) is 5.53. The Morgan fingerprint density at radius 1 is 1.21 bits per heavy atom. The normalized spacial score (nSPS) is 11.2. The van der Waals surface area contributed by atoms with Gasteiger partial charge in [-0.2, -0.15) is 0 Å². The average molecular weight is 366 g/mol. The van der Waals surface area contributed by atoms with E-state index in [1.807, 2.05) is 12.3 Å². The van der Waals surface area contributed by atoms with Gasteiger partial charge in [0.05, 0.1) is 17.6 Å². The van der Waals surface area contributed by atoms with Crippen molar-refractivity contribution >= 4 is 33.4 Å². The number of rotatable bonds is 5. The first kappa shape index (κ1) is 18.3. The zero-order valence-electron chi connectivity index (χ0n) is 13.5. The predicted molar refractivity (Wildman–Crippen MR) is 95.3 cm³/mol. The lowest BCUT2D eigenvalue weighted by molar-refractivity contribution is 0.102. The lowest BCUT2D eigenvalue weighted by Gasteiger charge is -2.12. The fraction of sp³-hybridized carbons (Fsp3) is 0.188. The van der Waals surface area contributed by atoms with Crippen molar-refractivity contribution in [3.05, 3.63) is 47.5 Å². The van der Waals surface area contributed by atoms with Crippen molar-refractivity contribution < 1.29 is 17.9 Å². The number of methoxy groups -OCH3 is 1. The molecule has 0 atom stereocenters. The van der Waals surface area contributed by atoms with Crippen LogP contribution in [0.2, 0.25) is 0 Å². The minimum absolute atomic E-state index is 0.0232. The molecule has 0 fully saturated rings. The molecule has 0 aromatic heterocycles. The molecule has 0 spiro atoms. The van der Waals surface area contributed by atoms with Gasteiger partial charge < -0.3 is 10.1 Å². The second-order valence-corrected chi connectivity index (χ2v) is 7.46. The van der Waals surface area contributed by atoms with E-state index in [1.54, 1.807) is 31.2 Å². The van der Waals surface area contributed by atoms with Gasteiger partial charge in [0, 0.05) is 10.6 Å². The summed E-state index contributed by atoms with van der Waals surface area (Å²) in [6, 6.07) is 9.78. The second-order valence-electron chi connectivity index (χ2n) is 5.05. The molecule has 2 rings (SSSR count). The summed E-state index contributed by atoms with van der Waals surface area (Å²) in [6.07, 6.45) is 1.93. The minimum atomic E-state index is -3.86. The summed E-state index contributed by atoms with van der Waals surface area (Å²) in [6.45, 7) is 1.63. The topological polar surface area (TPSA) is 98.5 Å². The molecule has 8 heteroatoms. The number of carbonyl (C=O) groups excluding carboxylic acids is 1. The van der Waals surface area contributed by atoms with Crippen molar-refractivity contribution in [3.63, 3.8) is 0 Å². The number of amides is 1. The van der Waals surface area contributed by atoms with Gasteiger partial charge in [-0.05, 0) is 49.1 Å². The van der Waals surface area contributed by atoms with Crippen LogP contribution in [0.5, 0.6) is 5.75 Å². The molecule has 0 saturated carbocycles. The van der Waals surface area contributed by atoms with E-state index >= 15 is 0 Å². The van der Waals surface area contributed by atoms with E-state index in [1.165, 1.54) is 24.9 Å². The number of benzene rings is 2. The van der Waals surface area contributed by atoms with Gasteiger partial charge in [-0.25, -0.2) is 13.6 Å². The van der Waals surface area contributed by atoms with E-state index in [-0.39, 0.29) is 4.90 Å². The molecular weight excluding hydrogens is 348 g/mol. The number of carbonyl (C=O) groups is 1. The van der Waals surface area contributed by atoms with Gasteiger partial charge in [0.15, 0.2) is 0 Å². The van der Waals surface area contributed by atoms with Crippen LogP contribution < -0.4 is 15.2 Å². The summed E-state index contributed by atoms with van der Waals surface area (Å²) < 4.78 is 28.4. The van der Waals surface area contributed by atoms with Gasteiger partial charge in [-0.15, -0.1) is 11.8 Å². The molecule has 0 bridgehead atoms. The van der Waals surface area contributed by atoms with Crippen LogP contribution in [0.1, 0.15) is 15.9 Å². The minimum Gasteiger partial charge on any atom is -0.496 e. The van der Waals surface area contributed by atoms with Crippen LogP contribution in [-0.4, -0.2) is 27.7 Å². The first-order valence-corrected chi connectivity index (χ1v) is 9.70. The lowest BCUT2D eigenvalue weighted by Crippen LogP contribution is -2.16. The quantitative estimate of drug-likeness (QED) is 0.793. The zero-order chi connectivity index (χ0) is 17.9. The number of ether oxygens (including phenoxy) is 1. The van der Waals surface area contributed by atoms with Crippen LogP contribution in [0.3, 0.4) is 0 Å². The molecule has 0 aliphatic carbocycles. The highest BCUT2D eigenvalue weighted by atomic mass is 32.2. The van der Waals surface area contributed by atoms with Crippen LogP contribution in [-0.2, 0) is 10.0 Å². The Balaban J connectivity index is 2.34. The Bertz CT molecular complexity index is 880. The van der Waals surface area contributed by atoms with Crippen LogP contribution in [0, 0.1) is 6.92 Å². The van der Waals surface area contributed by atoms with Crippen molar-refractivity contribution in [2.24, 2.45) is 5.14 Å². The number of sulfonamides is 1. The monoisotopic (exact) mass is 366 g/mol. The largest absolute Gasteiger partial charge is 0.496 e. The highest BCUT2D eigenvalue weighted by Crippen LogP contribution is 2.26. The standard InChI is InChI=1S/C16H18N2O4S2/c1-10-4-5-11(8-15(10)24(17,20)21)18-16(19)13-7-6-12(23-3)9-14(13)22-2/h4-9H,1-3H3,(H,18,19)(H2,17,20,21). The van der Waals surface area contributed by atoms with Crippen LogP contribution in [0.15, 0.2) is 46.2 Å². The Hall–Kier alpha value is -2.03. The van der Waals surface area contributed by atoms with Crippen LogP contribution in [0.4, 0.5) is 5.69 Å². The van der Waals surface area contributed by atoms with Gasteiger partial charge in [0.25, 0.3) is 5.91 Å². The van der Waals surface area contributed by atoms with Gasteiger partial charge >= 0.3 is 0 Å². The van der Waals surface area contributed by atoms with Gasteiger partial charge in [-0.1, -0.05) is 6.07 Å². The third-order valence-electron chi connectivity index (χ3n) is 3.41. The van der Waals surface area contributed by atoms with E-state index in [2.05, 4.69) is 5.32 Å². The smallest absolute Gasteiger partial charge is 0.259 e. The molecule has 1 amide bonds. The third-order valence-corrected chi connectivity index (χ3v) is 5.18. The maximum absolute atomic E-state index is 12.5. The summed E-state index contributed by atoms with van der Waals surface area (Å²) in [4.78, 5) is 13.4. The number of nitrogens with two attached hydrogens (primary N) is 1. The number of nitrogens with one attached hydrogen (secondary N) is 1. The number of aryl methyl sites for hydroxylation is 1. The van der Waals surface area contributed by atoms with Crippen molar-refractivity contribution in [2.45, 2.75) is 16.7 Å². The Labute approximate surface area is 145 Å². The summed E-state index contributed by atoms with van der Waals surface area (Å²) in [7, 11) is -2.37. The van der Waals surface area contributed by atoms with E-state index in [9.17, 15) is 13.2 Å². The maximum Gasteiger partial charge on any atom is 0.259 e. The molecule has 0 unspecified atom stereocenters. The van der Waals surface area contributed by atoms with E-state index < -0.39 is 15.9 Å². The fourth-order valence-electron chi connectivity index (χ4n) is 2.17. The van der Waals surface area contributed by atoms with Crippen molar-refractivity contribution in [1.29, 1.82) is 0 Å². The van der Waals surface area contributed by atoms with E-state index in [0.717, 1.165) is 4.90 Å². The van der Waals surface area contributed by atoms with E-state index in [0.29, 0.717) is 22.6 Å². The van der Waals surface area contributed by atoms with Crippen LogP contribution in [0.25, 0.3) is 0 Å². The predicted octanol–water partition coefficient (Wildman–Crippen LogP) is 2.63. The molecule has 2 aromatic rings. The number of hydrogen-bond donors (Lipinski definition) is 2. The first-order chi connectivity index (χ1) is 11.3. The van der Waals surface area contributed by atoms with E-state index in [4.69, 9.17) is 9.88 Å². The maximum atomic E-state index is 12.5. The fourth-order valence-corrected chi connectivity index (χ4v) is 3.41. The SMILES string of the molecule is COc1cc(SC)ccc1C(=O)Nc1ccc(C)c(S(N)(=O)=O)c1. The summed E-state index contributed by atoms with van der Waals surface area (Å²) >= 11 is 1.54. The number of anilines is 1. The zero-order valence-corrected chi connectivity index (χ0v) is 15.1. The summed E-state index contributed by atoms with van der Waals surface area (Å²) in [5.41, 5.74) is 1.20. The molecule has 3 N–H and O–H groups in total. The lowest BCUT2D eigenvalue weighted by atomic mass is 10.1. The molecule has 0 radical (unpaired) electrons. The Morgan fingerprint density at radius 2 is 1.92 bits per heavy atom. The molecule has 0 saturated heterocycles. The molecule has 24 heavy (non-hydrogen) atoms. The summed E-state index contributed by atoms with van der Waals surface area (Å²) in [5, 5.41) is 7.85. The molecule has 0 aliphatic heterocycles. The van der Waals surface area contributed by atoms with Crippen LogP contribution >= 0.6 is 11.8 Å². The molecular formula is C16H18N2O4S2. The molecule has 128 valence electrons. The van der Waals surface area contributed by atoms with Crippen molar-refractivity contribution in [3.8, 4) is 5.75 Å². The van der Waals surface area contributed by atoms with Gasteiger partial charge in [0.2, 0.25) is 10.0 Å². The highest BCUT2D eigenvalue weighted by molar-refractivity contribution is 7.98. The highest BCUT2D eigenvalue weighted by Gasteiger charge is 2.16. The molecule has 0 heterocycles. The average Bonchev–Trinajstić information content (AvgIpc) is 2.54. The van der Waals surface area contributed by atoms with Gasteiger partial charge in [-0.3, -0.25) is 4.79 Å².